The zero-order valence-electron chi connectivity index (χ0n) is 9.66. The summed E-state index contributed by atoms with van der Waals surface area (Å²) < 4.78 is 6.04. The number of aliphatic carboxylic acids is 1. The number of hydrogen-bond acceptors (Lipinski definition) is 5. The van der Waals surface area contributed by atoms with Crippen molar-refractivity contribution in [3.8, 4) is 11.5 Å². The summed E-state index contributed by atoms with van der Waals surface area (Å²) in [5.74, 6) is -0.483. The number of carboxylic acid groups (broad SMARTS) is 1. The fourth-order valence-electron chi connectivity index (χ4n) is 1.48. The van der Waals surface area contributed by atoms with Crippen LogP contribution in [-0.2, 0) is 17.8 Å². The SMILES string of the molecule is CCc1noc(-c2cccn(CC(=O)O)c2=O)n1. The molecule has 18 heavy (non-hydrogen) atoms. The van der Waals surface area contributed by atoms with Crippen molar-refractivity contribution in [2.24, 2.45) is 0 Å². The van der Waals surface area contributed by atoms with Gasteiger partial charge in [0.25, 0.3) is 11.4 Å². The molecule has 0 fully saturated rings. The van der Waals surface area contributed by atoms with Crippen LogP contribution in [0.5, 0.6) is 0 Å². The zero-order valence-corrected chi connectivity index (χ0v) is 9.66. The predicted molar refractivity (Wildman–Crippen MR) is 61.0 cm³/mol. The molecule has 0 saturated heterocycles. The van der Waals surface area contributed by atoms with Gasteiger partial charge in [-0.2, -0.15) is 4.98 Å². The van der Waals surface area contributed by atoms with E-state index in [1.165, 1.54) is 12.3 Å². The Hall–Kier alpha value is -2.44. The molecule has 0 atom stereocenters. The van der Waals surface area contributed by atoms with E-state index in [1.54, 1.807) is 6.07 Å². The molecule has 2 heterocycles. The molecule has 94 valence electrons. The van der Waals surface area contributed by atoms with Gasteiger partial charge in [-0.05, 0) is 12.1 Å². The van der Waals surface area contributed by atoms with E-state index in [9.17, 15) is 9.59 Å². The van der Waals surface area contributed by atoms with Gasteiger partial charge in [0, 0.05) is 12.6 Å². The molecule has 0 aliphatic heterocycles. The smallest absolute Gasteiger partial charge is 0.323 e. The highest BCUT2D eigenvalue weighted by Gasteiger charge is 2.13. The van der Waals surface area contributed by atoms with Crippen molar-refractivity contribution in [1.82, 2.24) is 14.7 Å². The third-order valence-corrected chi connectivity index (χ3v) is 2.34. The molecule has 2 aromatic heterocycles. The van der Waals surface area contributed by atoms with Crippen LogP contribution in [0, 0.1) is 0 Å². The average Bonchev–Trinajstić information content (AvgIpc) is 2.80. The van der Waals surface area contributed by atoms with E-state index in [2.05, 4.69) is 10.1 Å². The van der Waals surface area contributed by atoms with E-state index in [0.717, 1.165) is 4.57 Å². The van der Waals surface area contributed by atoms with E-state index < -0.39 is 18.1 Å². The van der Waals surface area contributed by atoms with E-state index in [1.807, 2.05) is 6.92 Å². The lowest BCUT2D eigenvalue weighted by Crippen LogP contribution is -2.24. The van der Waals surface area contributed by atoms with Crippen LogP contribution in [0.2, 0.25) is 0 Å². The van der Waals surface area contributed by atoms with Gasteiger partial charge in [0.15, 0.2) is 5.82 Å². The second-order valence-corrected chi connectivity index (χ2v) is 3.62. The van der Waals surface area contributed by atoms with Crippen molar-refractivity contribution < 1.29 is 14.4 Å². The molecule has 0 unspecified atom stereocenters. The Bertz CT molecular complexity index is 629. The molecule has 0 spiro atoms. The summed E-state index contributed by atoms with van der Waals surface area (Å²) >= 11 is 0. The topological polar surface area (TPSA) is 98.2 Å². The Kier molecular flexibility index (Phi) is 3.22. The lowest BCUT2D eigenvalue weighted by Gasteiger charge is -2.02. The number of hydrogen-bond donors (Lipinski definition) is 1. The van der Waals surface area contributed by atoms with Gasteiger partial charge in [0.1, 0.15) is 12.1 Å². The first-order chi connectivity index (χ1) is 8.61. The van der Waals surface area contributed by atoms with Crippen molar-refractivity contribution in [1.29, 1.82) is 0 Å². The Labute approximate surface area is 102 Å². The van der Waals surface area contributed by atoms with Crippen LogP contribution in [0.3, 0.4) is 0 Å². The van der Waals surface area contributed by atoms with Crippen molar-refractivity contribution in [3.05, 3.63) is 34.5 Å². The molecule has 0 bridgehead atoms. The van der Waals surface area contributed by atoms with Gasteiger partial charge in [0.2, 0.25) is 0 Å². The van der Waals surface area contributed by atoms with Crippen LogP contribution < -0.4 is 5.56 Å². The number of carboxylic acids is 1. The lowest BCUT2D eigenvalue weighted by molar-refractivity contribution is -0.137. The Morgan fingerprint density at radius 3 is 2.94 bits per heavy atom. The number of nitrogens with zero attached hydrogens (tertiary/aromatic N) is 3. The molecule has 0 aromatic carbocycles. The summed E-state index contributed by atoms with van der Waals surface area (Å²) in [6.45, 7) is 1.46. The Morgan fingerprint density at radius 2 is 2.33 bits per heavy atom. The molecule has 1 N–H and O–H groups in total. The monoisotopic (exact) mass is 249 g/mol. The van der Waals surface area contributed by atoms with Crippen molar-refractivity contribution in [2.45, 2.75) is 19.9 Å². The van der Waals surface area contributed by atoms with Crippen LogP contribution in [0.15, 0.2) is 27.6 Å². The minimum absolute atomic E-state index is 0.108. The molecule has 2 aromatic rings. The molecule has 7 heteroatoms. The van der Waals surface area contributed by atoms with Crippen LogP contribution in [0.1, 0.15) is 12.7 Å². The zero-order chi connectivity index (χ0) is 13.1. The summed E-state index contributed by atoms with van der Waals surface area (Å²) in [5.41, 5.74) is -0.267. The lowest BCUT2D eigenvalue weighted by atomic mass is 10.2. The van der Waals surface area contributed by atoms with Gasteiger partial charge in [0.05, 0.1) is 0 Å². The van der Waals surface area contributed by atoms with Crippen LogP contribution in [0.25, 0.3) is 11.5 Å². The first-order valence-corrected chi connectivity index (χ1v) is 5.36. The van der Waals surface area contributed by atoms with Gasteiger partial charge in [-0.15, -0.1) is 0 Å². The Morgan fingerprint density at radius 1 is 1.56 bits per heavy atom. The standard InChI is InChI=1S/C11H11N3O4/c1-2-8-12-10(18-13-8)7-4-3-5-14(11(7)17)6-9(15)16/h3-5H,2,6H2,1H3,(H,15,16). The summed E-state index contributed by atoms with van der Waals surface area (Å²) in [6.07, 6.45) is 2.00. The molecule has 0 aliphatic rings. The third-order valence-electron chi connectivity index (χ3n) is 2.34. The third kappa shape index (κ3) is 2.29. The highest BCUT2D eigenvalue weighted by Crippen LogP contribution is 2.12. The number of pyridine rings is 1. The van der Waals surface area contributed by atoms with E-state index >= 15 is 0 Å². The first-order valence-electron chi connectivity index (χ1n) is 5.36. The predicted octanol–water partition coefficient (Wildman–Crippen LogP) is 0.545. The summed E-state index contributed by atoms with van der Waals surface area (Å²) in [5, 5.41) is 12.4. The van der Waals surface area contributed by atoms with Gasteiger partial charge in [-0.3, -0.25) is 9.59 Å². The highest BCUT2D eigenvalue weighted by atomic mass is 16.5. The second kappa shape index (κ2) is 4.82. The first kappa shape index (κ1) is 12.0. The van der Waals surface area contributed by atoms with Crippen LogP contribution >= 0.6 is 0 Å². The maximum absolute atomic E-state index is 12.0. The number of carbonyl (C=O) groups is 1. The summed E-state index contributed by atoms with van der Waals surface area (Å²) in [6, 6.07) is 3.09. The van der Waals surface area contributed by atoms with Crippen LogP contribution in [0.4, 0.5) is 0 Å². The summed E-state index contributed by atoms with van der Waals surface area (Å²) in [7, 11) is 0. The van der Waals surface area contributed by atoms with Crippen molar-refractivity contribution in [3.63, 3.8) is 0 Å². The van der Waals surface area contributed by atoms with Gasteiger partial charge in [-0.25, -0.2) is 0 Å². The fourth-order valence-corrected chi connectivity index (χ4v) is 1.48. The van der Waals surface area contributed by atoms with Gasteiger partial charge in [-0.1, -0.05) is 12.1 Å². The van der Waals surface area contributed by atoms with Crippen molar-refractivity contribution >= 4 is 5.97 Å². The van der Waals surface area contributed by atoms with Gasteiger partial charge >= 0.3 is 5.97 Å². The molecule has 0 amide bonds. The molecule has 2 rings (SSSR count). The minimum atomic E-state index is -1.09. The van der Waals surface area contributed by atoms with E-state index in [4.69, 9.17) is 9.63 Å². The van der Waals surface area contributed by atoms with Crippen molar-refractivity contribution in [2.75, 3.05) is 0 Å². The van der Waals surface area contributed by atoms with Gasteiger partial charge < -0.3 is 14.2 Å². The average molecular weight is 249 g/mol. The summed E-state index contributed by atoms with van der Waals surface area (Å²) in [4.78, 5) is 26.6. The molecule has 7 nitrogen and oxygen atoms in total. The maximum atomic E-state index is 12.0. The molecule has 0 aliphatic carbocycles. The van der Waals surface area contributed by atoms with E-state index in [-0.39, 0.29) is 11.5 Å². The normalized spacial score (nSPS) is 10.5. The molecular weight excluding hydrogens is 238 g/mol. The highest BCUT2D eigenvalue weighted by molar-refractivity contribution is 5.66. The maximum Gasteiger partial charge on any atom is 0.323 e. The minimum Gasteiger partial charge on any atom is -0.480 e. The van der Waals surface area contributed by atoms with E-state index in [0.29, 0.717) is 12.2 Å². The number of aryl methyl sites for hydroxylation is 1. The molecule has 0 saturated carbocycles. The second-order valence-electron chi connectivity index (χ2n) is 3.62. The number of aromatic nitrogens is 3. The molecule has 0 radical (unpaired) electrons. The Balaban J connectivity index is 2.45. The fraction of sp³-hybridized carbons (Fsp3) is 0.273. The van der Waals surface area contributed by atoms with Crippen LogP contribution in [-0.4, -0.2) is 25.8 Å². The molecular formula is C11H11N3O4. The number of rotatable bonds is 4. The largest absolute Gasteiger partial charge is 0.480 e. The quantitative estimate of drug-likeness (QED) is 0.849.